The number of carboxylic acids is 1. The minimum absolute atomic E-state index is 0.217. The van der Waals surface area contributed by atoms with Crippen molar-refractivity contribution in [2.75, 3.05) is 11.6 Å². The molecule has 12 heteroatoms. The van der Waals surface area contributed by atoms with Gasteiger partial charge in [0.25, 0.3) is 0 Å². The molecule has 0 aliphatic rings. The Kier molecular flexibility index (Phi) is 6.98. The fourth-order valence-electron chi connectivity index (χ4n) is 4.72. The number of carboxylic acid groups (broad SMARTS) is 1. The molecular weight excluding hydrogens is 554 g/mol. The first-order chi connectivity index (χ1) is 20.3. The summed E-state index contributed by atoms with van der Waals surface area (Å²) in [5, 5.41) is 31.0. The summed E-state index contributed by atoms with van der Waals surface area (Å²) in [6.45, 7) is 1.41. The van der Waals surface area contributed by atoms with Crippen molar-refractivity contribution in [3.05, 3.63) is 96.8 Å². The van der Waals surface area contributed by atoms with Gasteiger partial charge in [0.1, 0.15) is 17.6 Å². The molecule has 0 bridgehead atoms. The van der Waals surface area contributed by atoms with Crippen molar-refractivity contribution in [3.8, 4) is 33.9 Å². The average molecular weight is 578 g/mol. The normalized spacial score (nSPS) is 11.9. The zero-order valence-electron chi connectivity index (χ0n) is 22.4. The van der Waals surface area contributed by atoms with Crippen LogP contribution in [0.3, 0.4) is 0 Å². The number of benzene rings is 4. The van der Waals surface area contributed by atoms with Gasteiger partial charge in [0, 0.05) is 29.5 Å². The molecule has 0 spiro atoms. The maximum absolute atomic E-state index is 12.1. The van der Waals surface area contributed by atoms with Crippen LogP contribution in [-0.4, -0.2) is 57.8 Å². The number of rotatable bonds is 7. The van der Waals surface area contributed by atoms with Crippen LogP contribution in [0.1, 0.15) is 17.3 Å². The number of anilines is 1. The van der Waals surface area contributed by atoms with E-state index in [9.17, 15) is 19.2 Å². The Labute approximate surface area is 242 Å². The van der Waals surface area contributed by atoms with E-state index in [1.807, 2.05) is 36.4 Å². The molecule has 0 aliphatic heterocycles. The number of amides is 1. The second-order valence-corrected chi connectivity index (χ2v) is 10.9. The number of aromatic carboxylic acids is 1. The van der Waals surface area contributed by atoms with E-state index in [1.54, 1.807) is 65.8 Å². The largest absolute Gasteiger partial charge is 0.612 e. The molecule has 0 radical (unpaired) electrons. The number of hydrogen-bond donors (Lipinski definition) is 2. The predicted octanol–water partition coefficient (Wildman–Crippen LogP) is 4.73. The van der Waals surface area contributed by atoms with E-state index in [0.29, 0.717) is 38.7 Å². The molecule has 1 unspecified atom stereocenters. The maximum atomic E-state index is 12.1. The lowest BCUT2D eigenvalue weighted by Crippen LogP contribution is -2.11. The molecule has 2 N–H and O–H groups in total. The van der Waals surface area contributed by atoms with Crippen molar-refractivity contribution in [1.29, 1.82) is 0 Å². The summed E-state index contributed by atoms with van der Waals surface area (Å²) < 4.78 is 15.3. The monoisotopic (exact) mass is 577 g/mol. The van der Waals surface area contributed by atoms with Crippen LogP contribution in [0.25, 0.3) is 44.7 Å². The van der Waals surface area contributed by atoms with Crippen molar-refractivity contribution < 1.29 is 19.2 Å². The Bertz CT molecular complexity index is 1980. The Morgan fingerprint density at radius 2 is 1.43 bits per heavy atom. The first-order valence-corrected chi connectivity index (χ1v) is 14.3. The van der Waals surface area contributed by atoms with Gasteiger partial charge in [-0.25, -0.2) is 14.2 Å². The Morgan fingerprint density at radius 3 is 2.07 bits per heavy atom. The summed E-state index contributed by atoms with van der Waals surface area (Å²) in [6.07, 6.45) is 5.10. The van der Waals surface area contributed by atoms with Gasteiger partial charge in [-0.2, -0.15) is 0 Å². The van der Waals surface area contributed by atoms with E-state index >= 15 is 0 Å². The van der Waals surface area contributed by atoms with Crippen LogP contribution >= 0.6 is 0 Å². The molecule has 2 aromatic heterocycles. The lowest BCUT2D eigenvalue weighted by Gasteiger charge is -2.12. The SMILES string of the molecule is CC(=O)Nc1ccc([S+](C)[O-])cc1-n1cc(-c2cccc(-c3cn(-c4cccc5c(C(=O)O)cccc45)nn3)c2)nn1. The zero-order valence-corrected chi connectivity index (χ0v) is 23.2. The average Bonchev–Trinajstić information content (AvgIpc) is 3.67. The van der Waals surface area contributed by atoms with Crippen LogP contribution in [0.4, 0.5) is 5.69 Å². The highest BCUT2D eigenvalue weighted by atomic mass is 32.2. The lowest BCUT2D eigenvalue weighted by molar-refractivity contribution is -0.114. The number of fused-ring (bicyclic) bond motifs is 1. The molecule has 0 saturated carbocycles. The van der Waals surface area contributed by atoms with Crippen molar-refractivity contribution in [2.24, 2.45) is 0 Å². The van der Waals surface area contributed by atoms with Gasteiger partial charge in [-0.15, -0.1) is 10.2 Å². The van der Waals surface area contributed by atoms with E-state index in [0.717, 1.165) is 16.5 Å². The number of aromatic nitrogens is 6. The van der Waals surface area contributed by atoms with Gasteiger partial charge >= 0.3 is 5.97 Å². The van der Waals surface area contributed by atoms with E-state index in [4.69, 9.17) is 0 Å². The Balaban J connectivity index is 1.34. The number of carbonyl (C=O) groups excluding carboxylic acids is 1. The van der Waals surface area contributed by atoms with Crippen LogP contribution in [0.5, 0.6) is 0 Å². The highest BCUT2D eigenvalue weighted by Crippen LogP contribution is 2.29. The minimum atomic E-state index is -1.23. The van der Waals surface area contributed by atoms with E-state index in [2.05, 4.69) is 25.9 Å². The van der Waals surface area contributed by atoms with Crippen LogP contribution in [0, 0.1) is 0 Å². The fourth-order valence-corrected chi connectivity index (χ4v) is 5.26. The third-order valence-electron chi connectivity index (χ3n) is 6.68. The first kappa shape index (κ1) is 26.9. The lowest BCUT2D eigenvalue weighted by atomic mass is 10.0. The number of nitrogens with one attached hydrogen (secondary N) is 1. The van der Waals surface area contributed by atoms with Crippen LogP contribution in [-0.2, 0) is 16.0 Å². The van der Waals surface area contributed by atoms with Crippen molar-refractivity contribution >= 4 is 39.5 Å². The molecule has 1 amide bonds. The molecule has 0 aliphatic carbocycles. The molecule has 6 aromatic rings. The summed E-state index contributed by atoms with van der Waals surface area (Å²) in [6, 6.07) is 23.3. The molecule has 208 valence electrons. The van der Waals surface area contributed by atoms with E-state index in [-0.39, 0.29) is 11.5 Å². The van der Waals surface area contributed by atoms with Gasteiger partial charge in [0.2, 0.25) is 5.91 Å². The third kappa shape index (κ3) is 5.11. The summed E-state index contributed by atoms with van der Waals surface area (Å²) in [5.41, 5.74) is 4.74. The first-order valence-electron chi connectivity index (χ1n) is 12.7. The van der Waals surface area contributed by atoms with Crippen LogP contribution in [0.2, 0.25) is 0 Å². The molecule has 42 heavy (non-hydrogen) atoms. The smallest absolute Gasteiger partial charge is 0.336 e. The van der Waals surface area contributed by atoms with Crippen molar-refractivity contribution in [1.82, 2.24) is 30.0 Å². The minimum Gasteiger partial charge on any atom is -0.612 e. The summed E-state index contributed by atoms with van der Waals surface area (Å²) in [7, 11) is 0. The van der Waals surface area contributed by atoms with Gasteiger partial charge < -0.3 is 15.0 Å². The van der Waals surface area contributed by atoms with E-state index in [1.165, 1.54) is 11.6 Å². The van der Waals surface area contributed by atoms with Crippen molar-refractivity contribution in [2.45, 2.75) is 11.8 Å². The second-order valence-electron chi connectivity index (χ2n) is 9.47. The molecular formula is C30H23N7O4S. The molecule has 6 rings (SSSR count). The van der Waals surface area contributed by atoms with Gasteiger partial charge in [-0.1, -0.05) is 52.9 Å². The quantitative estimate of drug-likeness (QED) is 0.259. The third-order valence-corrected chi connectivity index (χ3v) is 7.59. The summed E-state index contributed by atoms with van der Waals surface area (Å²) in [5.74, 6) is -1.24. The zero-order chi connectivity index (χ0) is 29.4. The highest BCUT2D eigenvalue weighted by molar-refractivity contribution is 7.90. The van der Waals surface area contributed by atoms with Gasteiger partial charge in [0.05, 0.1) is 35.0 Å². The molecule has 0 fully saturated rings. The van der Waals surface area contributed by atoms with Gasteiger partial charge in [-0.3, -0.25) is 4.79 Å². The summed E-state index contributed by atoms with van der Waals surface area (Å²) in [4.78, 5) is 24.1. The fraction of sp³-hybridized carbons (Fsp3) is 0.0667. The number of hydrogen-bond acceptors (Lipinski definition) is 7. The number of nitrogens with zero attached hydrogens (tertiary/aromatic N) is 6. The molecule has 0 saturated heterocycles. The summed E-state index contributed by atoms with van der Waals surface area (Å²) >= 11 is -1.23. The molecule has 4 aromatic carbocycles. The Hall–Kier alpha value is -5.33. The topological polar surface area (TPSA) is 151 Å². The maximum Gasteiger partial charge on any atom is 0.336 e. The molecule has 11 nitrogen and oxygen atoms in total. The van der Waals surface area contributed by atoms with E-state index < -0.39 is 17.1 Å². The number of carbonyl (C=O) groups is 2. The van der Waals surface area contributed by atoms with Gasteiger partial charge in [0.15, 0.2) is 4.90 Å². The molecule has 2 heterocycles. The standard InChI is InChI=1S/C30H23N7O4S/c1-18(38)31-25-13-12-21(42(2)41)15-29(25)37-17-27(33-35-37)20-7-3-6-19(14-20)26-16-36(34-32-26)28-11-5-8-22-23(28)9-4-10-24(22)30(39)40/h3-17H,1-2H3,(H,31,38)(H,39,40). The predicted molar refractivity (Wildman–Crippen MR) is 158 cm³/mol. The molecule has 1 atom stereocenters. The Morgan fingerprint density at radius 1 is 0.810 bits per heavy atom. The van der Waals surface area contributed by atoms with Crippen molar-refractivity contribution in [3.63, 3.8) is 0 Å². The van der Waals surface area contributed by atoms with Crippen LogP contribution < -0.4 is 5.32 Å². The van der Waals surface area contributed by atoms with Crippen LogP contribution in [0.15, 0.2) is 96.2 Å². The van der Waals surface area contributed by atoms with Gasteiger partial charge in [-0.05, 0) is 46.9 Å². The second kappa shape index (κ2) is 10.9. The highest BCUT2D eigenvalue weighted by Gasteiger charge is 2.16.